The van der Waals surface area contributed by atoms with E-state index in [1.54, 1.807) is 0 Å². The summed E-state index contributed by atoms with van der Waals surface area (Å²) in [6, 6.07) is 12.2. The molecule has 3 heterocycles. The molecule has 1 N–H and O–H groups in total. The van der Waals surface area contributed by atoms with Crippen molar-refractivity contribution >= 4 is 11.8 Å². The highest BCUT2D eigenvalue weighted by Crippen LogP contribution is 2.40. The molecule has 3 aliphatic rings. The third-order valence-electron chi connectivity index (χ3n) is 6.89. The van der Waals surface area contributed by atoms with E-state index in [-0.39, 0.29) is 11.8 Å². The van der Waals surface area contributed by atoms with Crippen molar-refractivity contribution in [3.8, 4) is 0 Å². The van der Waals surface area contributed by atoms with E-state index in [9.17, 15) is 9.59 Å². The zero-order valence-corrected chi connectivity index (χ0v) is 17.0. The van der Waals surface area contributed by atoms with E-state index in [1.807, 2.05) is 0 Å². The molecular weight excluding hydrogens is 350 g/mol. The second-order valence-corrected chi connectivity index (χ2v) is 8.93. The standard InChI is InChI=1S/C23H33N3O2/c1-17(27)24-11-10-23(28)25-14-19-12-20(16-25)22-9-5-8-21(26(22)15-19)13-18-6-3-2-4-7-18/h2-4,6-7,19-22H,5,8-16H2,1H3,(H,24,27)/t19-,20+,21+,22-/m0/s1. The van der Waals surface area contributed by atoms with Gasteiger partial charge in [0.25, 0.3) is 0 Å². The molecule has 0 aromatic heterocycles. The smallest absolute Gasteiger partial charge is 0.224 e. The second-order valence-electron chi connectivity index (χ2n) is 8.93. The summed E-state index contributed by atoms with van der Waals surface area (Å²) in [4.78, 5) is 28.6. The summed E-state index contributed by atoms with van der Waals surface area (Å²) in [5, 5.41) is 2.75. The summed E-state index contributed by atoms with van der Waals surface area (Å²) in [7, 11) is 0. The van der Waals surface area contributed by atoms with Gasteiger partial charge in [0.05, 0.1) is 0 Å². The zero-order valence-electron chi connectivity index (χ0n) is 17.0. The highest BCUT2D eigenvalue weighted by Gasteiger charge is 2.45. The number of carbonyl (C=O) groups is 2. The Labute approximate surface area is 168 Å². The van der Waals surface area contributed by atoms with E-state index in [1.165, 1.54) is 38.2 Å². The van der Waals surface area contributed by atoms with Crippen LogP contribution in [0.5, 0.6) is 0 Å². The molecule has 3 aliphatic heterocycles. The van der Waals surface area contributed by atoms with Crippen molar-refractivity contribution in [3.05, 3.63) is 35.9 Å². The van der Waals surface area contributed by atoms with Gasteiger partial charge in [0.1, 0.15) is 0 Å². The Morgan fingerprint density at radius 2 is 1.93 bits per heavy atom. The quantitative estimate of drug-likeness (QED) is 0.850. The van der Waals surface area contributed by atoms with Crippen molar-refractivity contribution in [3.63, 3.8) is 0 Å². The first-order valence-electron chi connectivity index (χ1n) is 10.9. The second kappa shape index (κ2) is 8.64. The van der Waals surface area contributed by atoms with E-state index < -0.39 is 0 Å². The summed E-state index contributed by atoms with van der Waals surface area (Å²) in [6.45, 7) is 4.87. The Morgan fingerprint density at radius 3 is 2.71 bits per heavy atom. The van der Waals surface area contributed by atoms with E-state index in [2.05, 4.69) is 45.4 Å². The average Bonchev–Trinajstić information content (AvgIpc) is 2.69. The Balaban J connectivity index is 1.38. The molecule has 0 unspecified atom stereocenters. The topological polar surface area (TPSA) is 52.7 Å². The third kappa shape index (κ3) is 4.40. The molecule has 1 aromatic carbocycles. The van der Waals surface area contributed by atoms with Gasteiger partial charge in [-0.1, -0.05) is 36.8 Å². The largest absolute Gasteiger partial charge is 0.356 e. The minimum Gasteiger partial charge on any atom is -0.356 e. The molecule has 2 bridgehead atoms. The highest BCUT2D eigenvalue weighted by molar-refractivity contribution is 5.78. The lowest BCUT2D eigenvalue weighted by Crippen LogP contribution is -2.62. The molecule has 4 atom stereocenters. The molecule has 5 heteroatoms. The molecule has 152 valence electrons. The van der Waals surface area contributed by atoms with Gasteiger partial charge >= 0.3 is 0 Å². The summed E-state index contributed by atoms with van der Waals surface area (Å²) in [5.74, 6) is 1.34. The normalized spacial score (nSPS) is 29.8. The molecule has 5 nitrogen and oxygen atoms in total. The lowest BCUT2D eigenvalue weighted by molar-refractivity contribution is -0.138. The van der Waals surface area contributed by atoms with Crippen LogP contribution in [-0.2, 0) is 16.0 Å². The van der Waals surface area contributed by atoms with E-state index in [4.69, 9.17) is 0 Å². The molecule has 28 heavy (non-hydrogen) atoms. The molecule has 3 fully saturated rings. The van der Waals surface area contributed by atoms with Gasteiger partial charge < -0.3 is 10.2 Å². The van der Waals surface area contributed by atoms with Crippen molar-refractivity contribution in [2.75, 3.05) is 26.2 Å². The van der Waals surface area contributed by atoms with Gasteiger partial charge in [-0.3, -0.25) is 14.5 Å². The number of piperidine rings is 3. The molecule has 1 aromatic rings. The lowest BCUT2D eigenvalue weighted by atomic mass is 9.74. The number of nitrogens with one attached hydrogen (secondary N) is 1. The van der Waals surface area contributed by atoms with Crippen LogP contribution < -0.4 is 5.32 Å². The number of likely N-dealkylation sites (tertiary alicyclic amines) is 1. The minimum atomic E-state index is -0.0642. The fourth-order valence-corrected chi connectivity index (χ4v) is 5.72. The fraction of sp³-hybridized carbons (Fsp3) is 0.652. The van der Waals surface area contributed by atoms with Gasteiger partial charge in [0, 0.05) is 51.6 Å². The lowest BCUT2D eigenvalue weighted by Gasteiger charge is -2.55. The number of amides is 2. The SMILES string of the molecule is CC(=O)NCCC(=O)N1C[C@@H]2C[C@H](C1)[C@@H]1CCC[C@H](Cc3ccccc3)N1C2. The predicted octanol–water partition coefficient (Wildman–Crippen LogP) is 2.46. The minimum absolute atomic E-state index is 0.0642. The molecular formula is C23H33N3O2. The van der Waals surface area contributed by atoms with Gasteiger partial charge in [-0.05, 0) is 43.1 Å². The number of hydrogen-bond acceptors (Lipinski definition) is 3. The molecule has 0 spiro atoms. The molecule has 2 amide bonds. The molecule has 4 rings (SSSR count). The van der Waals surface area contributed by atoms with Crippen LogP contribution in [0.15, 0.2) is 30.3 Å². The van der Waals surface area contributed by atoms with Crippen LogP contribution in [0.1, 0.15) is 44.6 Å². The van der Waals surface area contributed by atoms with Crippen molar-refractivity contribution in [1.29, 1.82) is 0 Å². The van der Waals surface area contributed by atoms with E-state index in [0.29, 0.717) is 36.9 Å². The van der Waals surface area contributed by atoms with Gasteiger partial charge in [-0.2, -0.15) is 0 Å². The summed E-state index contributed by atoms with van der Waals surface area (Å²) < 4.78 is 0. The first-order valence-corrected chi connectivity index (χ1v) is 10.9. The van der Waals surface area contributed by atoms with Crippen LogP contribution in [0.3, 0.4) is 0 Å². The van der Waals surface area contributed by atoms with Crippen LogP contribution in [0.25, 0.3) is 0 Å². The first kappa shape index (κ1) is 19.4. The molecule has 0 saturated carbocycles. The van der Waals surface area contributed by atoms with Crippen LogP contribution in [-0.4, -0.2) is 59.9 Å². The summed E-state index contributed by atoms with van der Waals surface area (Å²) in [5.41, 5.74) is 1.44. The van der Waals surface area contributed by atoms with Crippen LogP contribution in [0.2, 0.25) is 0 Å². The van der Waals surface area contributed by atoms with Crippen molar-refractivity contribution in [2.24, 2.45) is 11.8 Å². The summed E-state index contributed by atoms with van der Waals surface area (Å²) in [6.07, 6.45) is 6.71. The van der Waals surface area contributed by atoms with Gasteiger partial charge in [0.15, 0.2) is 0 Å². The predicted molar refractivity (Wildman–Crippen MR) is 110 cm³/mol. The Bertz CT molecular complexity index is 692. The number of benzene rings is 1. The molecule has 0 aliphatic carbocycles. The van der Waals surface area contributed by atoms with Crippen LogP contribution >= 0.6 is 0 Å². The number of hydrogen-bond donors (Lipinski definition) is 1. The monoisotopic (exact) mass is 383 g/mol. The maximum Gasteiger partial charge on any atom is 0.224 e. The number of nitrogens with zero attached hydrogens (tertiary/aromatic N) is 2. The number of fused-ring (bicyclic) bond motifs is 4. The zero-order chi connectivity index (χ0) is 19.5. The number of rotatable bonds is 5. The third-order valence-corrected chi connectivity index (χ3v) is 6.89. The van der Waals surface area contributed by atoms with Crippen molar-refractivity contribution in [2.45, 2.75) is 57.5 Å². The highest BCUT2D eigenvalue weighted by atomic mass is 16.2. The fourth-order valence-electron chi connectivity index (χ4n) is 5.72. The maximum atomic E-state index is 12.6. The van der Waals surface area contributed by atoms with Crippen molar-refractivity contribution in [1.82, 2.24) is 15.1 Å². The first-order chi connectivity index (χ1) is 13.6. The molecule has 0 radical (unpaired) electrons. The van der Waals surface area contributed by atoms with Crippen molar-refractivity contribution < 1.29 is 9.59 Å². The number of carbonyl (C=O) groups excluding carboxylic acids is 2. The molecule has 3 saturated heterocycles. The van der Waals surface area contributed by atoms with Crippen LogP contribution in [0, 0.1) is 11.8 Å². The Morgan fingerprint density at radius 1 is 1.11 bits per heavy atom. The van der Waals surface area contributed by atoms with Gasteiger partial charge in [-0.15, -0.1) is 0 Å². The summed E-state index contributed by atoms with van der Waals surface area (Å²) >= 11 is 0. The Hall–Kier alpha value is -1.88. The average molecular weight is 384 g/mol. The van der Waals surface area contributed by atoms with Gasteiger partial charge in [0.2, 0.25) is 11.8 Å². The van der Waals surface area contributed by atoms with Gasteiger partial charge in [-0.25, -0.2) is 0 Å². The van der Waals surface area contributed by atoms with E-state index in [0.717, 1.165) is 26.1 Å². The van der Waals surface area contributed by atoms with E-state index >= 15 is 0 Å². The maximum absolute atomic E-state index is 12.6. The van der Waals surface area contributed by atoms with Crippen LogP contribution in [0.4, 0.5) is 0 Å². The Kier molecular flexibility index (Phi) is 6.00.